The maximum absolute atomic E-state index is 13.0. The van der Waals surface area contributed by atoms with Crippen molar-refractivity contribution >= 4 is 22.5 Å². The fourth-order valence-electron chi connectivity index (χ4n) is 2.93. The van der Waals surface area contributed by atoms with Crippen LogP contribution in [0.15, 0.2) is 66.7 Å². The molecule has 3 aromatic carbocycles. The fourth-order valence-corrected chi connectivity index (χ4v) is 3.10. The zero-order valence-corrected chi connectivity index (χ0v) is 14.1. The van der Waals surface area contributed by atoms with Crippen molar-refractivity contribution in [2.24, 2.45) is 0 Å². The summed E-state index contributed by atoms with van der Waals surface area (Å²) in [5, 5.41) is 8.73. The summed E-state index contributed by atoms with van der Waals surface area (Å²) in [6.45, 7) is 0. The van der Waals surface area contributed by atoms with Crippen LogP contribution in [0.4, 0.5) is 13.2 Å². The Bertz CT molecular complexity index is 1100. The molecule has 26 heavy (non-hydrogen) atoms. The van der Waals surface area contributed by atoms with Gasteiger partial charge in [0, 0.05) is 16.0 Å². The van der Waals surface area contributed by atoms with Crippen molar-refractivity contribution in [3.8, 4) is 22.4 Å². The highest BCUT2D eigenvalue weighted by atomic mass is 35.5. The van der Waals surface area contributed by atoms with Crippen LogP contribution in [-0.4, -0.2) is 10.2 Å². The highest BCUT2D eigenvalue weighted by molar-refractivity contribution is 6.31. The average Bonchev–Trinajstić information content (AvgIpc) is 3.04. The van der Waals surface area contributed by atoms with Crippen molar-refractivity contribution in [2.45, 2.75) is 6.18 Å². The summed E-state index contributed by atoms with van der Waals surface area (Å²) < 4.78 is 38.9. The SMILES string of the molecule is FC(F)(F)c1cccc(-c2cccc(-c3n[nH]c4ccc(Cl)cc34)c2)c1. The van der Waals surface area contributed by atoms with Gasteiger partial charge in [-0.15, -0.1) is 0 Å². The van der Waals surface area contributed by atoms with Crippen LogP contribution in [0.5, 0.6) is 0 Å². The summed E-state index contributed by atoms with van der Waals surface area (Å²) in [5.74, 6) is 0. The third-order valence-electron chi connectivity index (χ3n) is 4.18. The van der Waals surface area contributed by atoms with Gasteiger partial charge in [0.2, 0.25) is 0 Å². The number of hydrogen-bond acceptors (Lipinski definition) is 1. The van der Waals surface area contributed by atoms with Crippen LogP contribution >= 0.6 is 11.6 Å². The molecule has 0 saturated heterocycles. The third-order valence-corrected chi connectivity index (χ3v) is 4.42. The molecule has 0 unspecified atom stereocenters. The molecule has 0 aliphatic rings. The second-order valence-corrected chi connectivity index (χ2v) is 6.36. The molecule has 0 aliphatic heterocycles. The van der Waals surface area contributed by atoms with E-state index in [1.807, 2.05) is 24.3 Å². The predicted octanol–water partition coefficient (Wildman–Crippen LogP) is 6.57. The van der Waals surface area contributed by atoms with Crippen molar-refractivity contribution in [1.82, 2.24) is 10.2 Å². The molecule has 0 saturated carbocycles. The Morgan fingerprint density at radius 2 is 1.50 bits per heavy atom. The molecule has 2 nitrogen and oxygen atoms in total. The zero-order valence-electron chi connectivity index (χ0n) is 13.3. The van der Waals surface area contributed by atoms with Crippen molar-refractivity contribution in [3.63, 3.8) is 0 Å². The molecule has 4 aromatic rings. The first-order valence-corrected chi connectivity index (χ1v) is 8.21. The van der Waals surface area contributed by atoms with Crippen LogP contribution in [-0.2, 0) is 6.18 Å². The lowest BCUT2D eigenvalue weighted by Gasteiger charge is -2.09. The molecule has 0 spiro atoms. The van der Waals surface area contributed by atoms with E-state index in [-0.39, 0.29) is 0 Å². The Morgan fingerprint density at radius 3 is 2.27 bits per heavy atom. The normalized spacial score (nSPS) is 11.8. The molecule has 0 radical (unpaired) electrons. The maximum Gasteiger partial charge on any atom is 0.416 e. The summed E-state index contributed by atoms with van der Waals surface area (Å²) in [4.78, 5) is 0. The van der Waals surface area contributed by atoms with Crippen molar-refractivity contribution in [2.75, 3.05) is 0 Å². The Kier molecular flexibility index (Phi) is 3.96. The molecule has 130 valence electrons. The molecule has 0 atom stereocenters. The number of rotatable bonds is 2. The van der Waals surface area contributed by atoms with Crippen LogP contribution < -0.4 is 0 Å². The molecule has 6 heteroatoms. The van der Waals surface area contributed by atoms with Crippen LogP contribution in [0.3, 0.4) is 0 Å². The van der Waals surface area contributed by atoms with Gasteiger partial charge in [0.25, 0.3) is 0 Å². The van der Waals surface area contributed by atoms with Gasteiger partial charge >= 0.3 is 6.18 Å². The summed E-state index contributed by atoms with van der Waals surface area (Å²) in [7, 11) is 0. The van der Waals surface area contributed by atoms with E-state index in [0.29, 0.717) is 21.8 Å². The van der Waals surface area contributed by atoms with Gasteiger partial charge in [0.1, 0.15) is 0 Å². The van der Waals surface area contributed by atoms with Gasteiger partial charge in [0.05, 0.1) is 16.8 Å². The number of nitrogens with one attached hydrogen (secondary N) is 1. The van der Waals surface area contributed by atoms with Gasteiger partial charge in [-0.3, -0.25) is 5.10 Å². The highest BCUT2D eigenvalue weighted by Crippen LogP contribution is 2.34. The Balaban J connectivity index is 1.81. The van der Waals surface area contributed by atoms with Gasteiger partial charge < -0.3 is 0 Å². The highest BCUT2D eigenvalue weighted by Gasteiger charge is 2.30. The number of H-pyrrole nitrogens is 1. The van der Waals surface area contributed by atoms with Crippen LogP contribution in [0.2, 0.25) is 5.02 Å². The minimum Gasteiger partial charge on any atom is -0.277 e. The minimum absolute atomic E-state index is 0.500. The number of alkyl halides is 3. The van der Waals surface area contributed by atoms with Crippen LogP contribution in [0.1, 0.15) is 5.56 Å². The van der Waals surface area contributed by atoms with E-state index in [1.54, 1.807) is 24.3 Å². The summed E-state index contributed by atoms with van der Waals surface area (Å²) in [5.41, 5.74) is 2.86. The predicted molar refractivity (Wildman–Crippen MR) is 97.0 cm³/mol. The summed E-state index contributed by atoms with van der Waals surface area (Å²) in [6.07, 6.45) is -4.37. The van der Waals surface area contributed by atoms with Crippen molar-refractivity contribution in [3.05, 3.63) is 77.3 Å². The summed E-state index contributed by atoms with van der Waals surface area (Å²) >= 11 is 6.07. The van der Waals surface area contributed by atoms with E-state index < -0.39 is 11.7 Å². The fraction of sp³-hybridized carbons (Fsp3) is 0.0500. The number of nitrogens with zero attached hydrogens (tertiary/aromatic N) is 1. The number of hydrogen-bond donors (Lipinski definition) is 1. The maximum atomic E-state index is 13.0. The quantitative estimate of drug-likeness (QED) is 0.423. The second-order valence-electron chi connectivity index (χ2n) is 5.92. The van der Waals surface area contributed by atoms with E-state index in [9.17, 15) is 13.2 Å². The van der Waals surface area contributed by atoms with Crippen molar-refractivity contribution < 1.29 is 13.2 Å². The lowest BCUT2D eigenvalue weighted by molar-refractivity contribution is -0.137. The standard InChI is InChI=1S/C20H12ClF3N2/c21-16-7-8-18-17(11-16)19(26-25-18)14-5-1-3-12(9-14)13-4-2-6-15(10-13)20(22,23)24/h1-11H,(H,25,26). The first-order chi connectivity index (χ1) is 12.4. The third kappa shape index (κ3) is 3.06. The molecule has 1 heterocycles. The number of fused-ring (bicyclic) bond motifs is 1. The van der Waals surface area contributed by atoms with E-state index in [2.05, 4.69) is 10.2 Å². The second kappa shape index (κ2) is 6.18. The van der Waals surface area contributed by atoms with Crippen LogP contribution in [0.25, 0.3) is 33.3 Å². The number of aromatic nitrogens is 2. The minimum atomic E-state index is -4.37. The molecular weight excluding hydrogens is 361 g/mol. The van der Waals surface area contributed by atoms with Gasteiger partial charge in [-0.1, -0.05) is 41.9 Å². The largest absolute Gasteiger partial charge is 0.416 e. The van der Waals surface area contributed by atoms with Gasteiger partial charge in [-0.05, 0) is 47.5 Å². The number of halogens is 4. The smallest absolute Gasteiger partial charge is 0.277 e. The van der Waals surface area contributed by atoms with Gasteiger partial charge in [0.15, 0.2) is 0 Å². The van der Waals surface area contributed by atoms with Gasteiger partial charge in [-0.25, -0.2) is 0 Å². The molecule has 1 aromatic heterocycles. The summed E-state index contributed by atoms with van der Waals surface area (Å²) in [6, 6.07) is 18.0. The number of benzene rings is 3. The Morgan fingerprint density at radius 1 is 0.808 bits per heavy atom. The van der Waals surface area contributed by atoms with E-state index in [4.69, 9.17) is 11.6 Å². The van der Waals surface area contributed by atoms with Gasteiger partial charge in [-0.2, -0.15) is 18.3 Å². The zero-order chi connectivity index (χ0) is 18.3. The molecule has 0 aliphatic carbocycles. The molecule has 0 fully saturated rings. The number of aromatic amines is 1. The van der Waals surface area contributed by atoms with Crippen LogP contribution in [0, 0.1) is 0 Å². The van der Waals surface area contributed by atoms with E-state index in [0.717, 1.165) is 28.6 Å². The van der Waals surface area contributed by atoms with E-state index >= 15 is 0 Å². The molecule has 4 rings (SSSR count). The topological polar surface area (TPSA) is 28.7 Å². The molecular formula is C20H12ClF3N2. The lowest BCUT2D eigenvalue weighted by atomic mass is 9.99. The first kappa shape index (κ1) is 16.7. The molecule has 1 N–H and O–H groups in total. The Labute approximate surface area is 152 Å². The molecule has 0 amide bonds. The Hall–Kier alpha value is -2.79. The lowest BCUT2D eigenvalue weighted by Crippen LogP contribution is -2.04. The molecule has 0 bridgehead atoms. The first-order valence-electron chi connectivity index (χ1n) is 7.83. The average molecular weight is 373 g/mol. The monoisotopic (exact) mass is 372 g/mol. The van der Waals surface area contributed by atoms with Crippen molar-refractivity contribution in [1.29, 1.82) is 0 Å². The van der Waals surface area contributed by atoms with E-state index in [1.165, 1.54) is 6.07 Å².